The molecule has 4 rings (SSSR count). The van der Waals surface area contributed by atoms with Gasteiger partial charge in [0.15, 0.2) is 0 Å². The Morgan fingerprint density at radius 3 is 2.68 bits per heavy atom. The summed E-state index contributed by atoms with van der Waals surface area (Å²) in [6.07, 6.45) is 3.96. The Morgan fingerprint density at radius 1 is 1.09 bits per heavy atom. The van der Waals surface area contributed by atoms with Crippen LogP contribution in [0.3, 0.4) is 0 Å². The van der Waals surface area contributed by atoms with E-state index in [-0.39, 0.29) is 11.8 Å². The molecular weight excluding hydrogens is 274 g/mol. The number of methoxy groups -OCH3 is 1. The highest BCUT2D eigenvalue weighted by molar-refractivity contribution is 5.95. The average molecular weight is 293 g/mol. The lowest BCUT2D eigenvalue weighted by atomic mass is 9.83. The van der Waals surface area contributed by atoms with Crippen molar-refractivity contribution in [3.63, 3.8) is 0 Å². The molecule has 2 aromatic carbocycles. The van der Waals surface area contributed by atoms with E-state index in [4.69, 9.17) is 4.74 Å². The summed E-state index contributed by atoms with van der Waals surface area (Å²) < 4.78 is 5.51. The van der Waals surface area contributed by atoms with Crippen molar-refractivity contribution >= 4 is 11.6 Å². The number of fused-ring (bicyclic) bond motifs is 2. The van der Waals surface area contributed by atoms with Crippen molar-refractivity contribution in [3.8, 4) is 5.75 Å². The minimum atomic E-state index is 0.0748. The van der Waals surface area contributed by atoms with Gasteiger partial charge in [-0.3, -0.25) is 4.79 Å². The van der Waals surface area contributed by atoms with Gasteiger partial charge in [0.1, 0.15) is 5.75 Å². The molecule has 1 heterocycles. The van der Waals surface area contributed by atoms with Crippen LogP contribution in [0.2, 0.25) is 0 Å². The van der Waals surface area contributed by atoms with Crippen LogP contribution in [0.4, 0.5) is 5.69 Å². The Morgan fingerprint density at radius 2 is 1.86 bits per heavy atom. The zero-order chi connectivity index (χ0) is 15.1. The van der Waals surface area contributed by atoms with Gasteiger partial charge in [0.25, 0.3) is 0 Å². The number of carbonyl (C=O) groups is 1. The lowest BCUT2D eigenvalue weighted by molar-refractivity contribution is -0.116. The number of rotatable bonds is 2. The summed E-state index contributed by atoms with van der Waals surface area (Å²) >= 11 is 0. The molecule has 1 aliphatic carbocycles. The largest absolute Gasteiger partial charge is 0.496 e. The molecule has 22 heavy (non-hydrogen) atoms. The molecule has 1 N–H and O–H groups in total. The van der Waals surface area contributed by atoms with Gasteiger partial charge in [0, 0.05) is 23.6 Å². The van der Waals surface area contributed by atoms with Gasteiger partial charge in [-0.1, -0.05) is 24.3 Å². The van der Waals surface area contributed by atoms with Crippen LogP contribution in [0.1, 0.15) is 41.0 Å². The summed E-state index contributed by atoms with van der Waals surface area (Å²) in [7, 11) is 1.69. The highest BCUT2D eigenvalue weighted by Gasteiger charge is 2.30. The summed E-state index contributed by atoms with van der Waals surface area (Å²) in [5.74, 6) is 1.01. The Labute approximate surface area is 130 Å². The van der Waals surface area contributed by atoms with Crippen molar-refractivity contribution in [1.82, 2.24) is 0 Å². The number of para-hydroxylation sites is 1. The summed E-state index contributed by atoms with van der Waals surface area (Å²) in [6, 6.07) is 12.5. The molecule has 3 nitrogen and oxygen atoms in total. The van der Waals surface area contributed by atoms with Crippen LogP contribution in [0.5, 0.6) is 5.75 Å². The highest BCUT2D eigenvalue weighted by Crippen LogP contribution is 2.42. The molecule has 1 aliphatic heterocycles. The molecule has 3 heteroatoms. The van der Waals surface area contributed by atoms with Crippen molar-refractivity contribution in [3.05, 3.63) is 58.7 Å². The maximum atomic E-state index is 12.2. The van der Waals surface area contributed by atoms with E-state index in [2.05, 4.69) is 23.5 Å². The monoisotopic (exact) mass is 293 g/mol. The molecule has 0 aromatic heterocycles. The molecule has 1 amide bonds. The molecule has 0 spiro atoms. The first-order valence-electron chi connectivity index (χ1n) is 7.84. The number of anilines is 1. The smallest absolute Gasteiger partial charge is 0.225 e. The Balaban J connectivity index is 1.87. The molecular formula is C19H19NO2. The number of hydrogen-bond acceptors (Lipinski definition) is 2. The number of benzene rings is 2. The third-order valence-corrected chi connectivity index (χ3v) is 4.82. The predicted octanol–water partition coefficient (Wildman–Crippen LogP) is 3.66. The molecule has 2 aliphatic rings. The molecule has 0 fully saturated rings. The van der Waals surface area contributed by atoms with E-state index in [1.165, 1.54) is 23.1 Å². The second-order valence-electron chi connectivity index (χ2n) is 6.11. The van der Waals surface area contributed by atoms with Crippen LogP contribution in [0.15, 0.2) is 36.4 Å². The number of hydrogen-bond donors (Lipinski definition) is 1. The van der Waals surface area contributed by atoms with Crippen LogP contribution >= 0.6 is 0 Å². The normalized spacial score (nSPS) is 19.3. The molecule has 0 saturated heterocycles. The van der Waals surface area contributed by atoms with Crippen molar-refractivity contribution in [1.29, 1.82) is 0 Å². The van der Waals surface area contributed by atoms with E-state index in [9.17, 15) is 4.79 Å². The maximum Gasteiger partial charge on any atom is 0.225 e. The molecule has 112 valence electrons. The van der Waals surface area contributed by atoms with Crippen LogP contribution in [-0.4, -0.2) is 13.0 Å². The average Bonchev–Trinajstić information content (AvgIpc) is 2.99. The Bertz CT molecular complexity index is 751. The molecule has 0 bridgehead atoms. The molecule has 1 unspecified atom stereocenters. The number of ether oxygens (including phenoxy) is 1. The van der Waals surface area contributed by atoms with Crippen molar-refractivity contribution in [2.75, 3.05) is 12.4 Å². The van der Waals surface area contributed by atoms with Crippen LogP contribution < -0.4 is 10.1 Å². The first-order chi connectivity index (χ1) is 10.8. The maximum absolute atomic E-state index is 12.2. The third kappa shape index (κ3) is 2.08. The minimum Gasteiger partial charge on any atom is -0.496 e. The van der Waals surface area contributed by atoms with Gasteiger partial charge >= 0.3 is 0 Å². The van der Waals surface area contributed by atoms with Gasteiger partial charge in [-0.15, -0.1) is 0 Å². The van der Waals surface area contributed by atoms with Crippen LogP contribution in [-0.2, 0) is 17.6 Å². The Kier molecular flexibility index (Phi) is 3.14. The zero-order valence-electron chi connectivity index (χ0n) is 12.7. The fraction of sp³-hybridized carbons (Fsp3) is 0.316. The predicted molar refractivity (Wildman–Crippen MR) is 86.6 cm³/mol. The van der Waals surface area contributed by atoms with Crippen molar-refractivity contribution < 1.29 is 9.53 Å². The van der Waals surface area contributed by atoms with E-state index >= 15 is 0 Å². The van der Waals surface area contributed by atoms with Crippen LogP contribution in [0.25, 0.3) is 0 Å². The van der Waals surface area contributed by atoms with Gasteiger partial charge in [-0.2, -0.15) is 0 Å². The van der Waals surface area contributed by atoms with E-state index in [1.54, 1.807) is 7.11 Å². The van der Waals surface area contributed by atoms with Crippen molar-refractivity contribution in [2.45, 2.75) is 31.6 Å². The minimum absolute atomic E-state index is 0.0748. The van der Waals surface area contributed by atoms with E-state index in [0.717, 1.165) is 29.8 Å². The quantitative estimate of drug-likeness (QED) is 0.917. The van der Waals surface area contributed by atoms with E-state index in [1.807, 2.05) is 18.2 Å². The number of nitrogens with one attached hydrogen (secondary N) is 1. The fourth-order valence-corrected chi connectivity index (χ4v) is 3.77. The van der Waals surface area contributed by atoms with Gasteiger partial charge in [-0.25, -0.2) is 0 Å². The highest BCUT2D eigenvalue weighted by atomic mass is 16.5. The van der Waals surface area contributed by atoms with Gasteiger partial charge in [0.2, 0.25) is 5.91 Å². The molecule has 1 atom stereocenters. The molecule has 0 saturated carbocycles. The number of aryl methyl sites for hydroxylation is 2. The van der Waals surface area contributed by atoms with E-state index < -0.39 is 0 Å². The molecule has 0 radical (unpaired) electrons. The lowest BCUT2D eigenvalue weighted by Crippen LogP contribution is -2.24. The molecule has 2 aromatic rings. The van der Waals surface area contributed by atoms with Crippen LogP contribution in [0, 0.1) is 0 Å². The van der Waals surface area contributed by atoms with E-state index in [0.29, 0.717) is 6.42 Å². The second kappa shape index (κ2) is 5.16. The number of amides is 1. The first-order valence-corrected chi connectivity index (χ1v) is 7.84. The van der Waals surface area contributed by atoms with Gasteiger partial charge in [-0.05, 0) is 48.1 Å². The van der Waals surface area contributed by atoms with Crippen molar-refractivity contribution in [2.24, 2.45) is 0 Å². The first kappa shape index (κ1) is 13.4. The fourth-order valence-electron chi connectivity index (χ4n) is 3.77. The lowest BCUT2D eigenvalue weighted by Gasteiger charge is -2.28. The second-order valence-corrected chi connectivity index (χ2v) is 6.11. The summed E-state index contributed by atoms with van der Waals surface area (Å²) in [5, 5.41) is 3.05. The topological polar surface area (TPSA) is 38.3 Å². The Hall–Kier alpha value is -2.29. The van der Waals surface area contributed by atoms with Gasteiger partial charge < -0.3 is 10.1 Å². The summed E-state index contributed by atoms with van der Waals surface area (Å²) in [4.78, 5) is 12.2. The standard InChI is InChI=1S/C19H19NO2/c1-22-18-8-3-2-7-14(18)15-11-19(21)20-17-10-13-6-4-5-12(13)9-16(15)17/h2-3,7-10,15H,4-6,11H2,1H3,(H,20,21). The van der Waals surface area contributed by atoms with Gasteiger partial charge in [0.05, 0.1) is 7.11 Å². The number of carbonyl (C=O) groups excluding carboxylic acids is 1. The SMILES string of the molecule is COc1ccccc1C1CC(=O)Nc2cc3c(cc21)CCC3. The zero-order valence-corrected chi connectivity index (χ0v) is 12.7. The summed E-state index contributed by atoms with van der Waals surface area (Å²) in [5.41, 5.74) is 6.13. The summed E-state index contributed by atoms with van der Waals surface area (Å²) in [6.45, 7) is 0. The third-order valence-electron chi connectivity index (χ3n) is 4.82.